The number of alkyl halides is 3. The Hall–Kier alpha value is -4.21. The molecule has 2 aliphatic carbocycles. The monoisotopic (exact) mass is 819 g/mol. The van der Waals surface area contributed by atoms with Crippen molar-refractivity contribution >= 4 is 44.4 Å². The van der Waals surface area contributed by atoms with E-state index in [1.165, 1.54) is 4.90 Å². The van der Waals surface area contributed by atoms with Gasteiger partial charge < -0.3 is 19.1 Å². The molecule has 1 aromatic carbocycles. The highest BCUT2D eigenvalue weighted by Gasteiger charge is 2.62. The second-order valence-corrected chi connectivity index (χ2v) is 18.7. The molecule has 57 heavy (non-hydrogen) atoms. The van der Waals surface area contributed by atoms with Gasteiger partial charge in [0.05, 0.1) is 42.7 Å². The Labute approximate surface area is 331 Å². The summed E-state index contributed by atoms with van der Waals surface area (Å²) in [6.07, 6.45) is 1.97. The Kier molecular flexibility index (Phi) is 12.1. The van der Waals surface area contributed by atoms with E-state index in [1.54, 1.807) is 37.6 Å². The maximum absolute atomic E-state index is 14.9. The van der Waals surface area contributed by atoms with Crippen molar-refractivity contribution in [2.24, 2.45) is 29.1 Å². The molecular formula is C41H52F3N3O9S. The van der Waals surface area contributed by atoms with Gasteiger partial charge in [0.25, 0.3) is 0 Å². The fraction of sp³-hybridized carbons (Fsp3) is 0.634. The highest BCUT2D eigenvalue weighted by Crippen LogP contribution is 2.57. The highest BCUT2D eigenvalue weighted by molar-refractivity contribution is 7.90. The van der Waals surface area contributed by atoms with Gasteiger partial charge in [-0.3, -0.25) is 23.9 Å². The molecule has 6 rings (SSSR count). The smallest absolute Gasteiger partial charge is 0.427 e. The number of methoxy groups -OCH3 is 1. The summed E-state index contributed by atoms with van der Waals surface area (Å²) in [6, 6.07) is 5.95. The minimum atomic E-state index is -4.86. The van der Waals surface area contributed by atoms with Crippen molar-refractivity contribution in [2.75, 3.05) is 13.7 Å². The summed E-state index contributed by atoms with van der Waals surface area (Å²) in [4.78, 5) is 62.5. The number of rotatable bonds is 10. The van der Waals surface area contributed by atoms with E-state index in [0.29, 0.717) is 49.7 Å². The Morgan fingerprint density at radius 2 is 1.82 bits per heavy atom. The molecule has 2 saturated carbocycles. The Bertz CT molecular complexity index is 2020. The summed E-state index contributed by atoms with van der Waals surface area (Å²) in [5, 5.41) is 0.751. The number of ketones is 1. The molecule has 3 heterocycles. The number of nitrogens with zero attached hydrogens (tertiary/aromatic N) is 2. The van der Waals surface area contributed by atoms with Crippen LogP contribution in [-0.2, 0) is 33.9 Å². The Morgan fingerprint density at radius 1 is 1.09 bits per heavy atom. The minimum Gasteiger partial charge on any atom is -0.497 e. The first-order valence-corrected chi connectivity index (χ1v) is 21.3. The molecule has 4 aliphatic rings. The summed E-state index contributed by atoms with van der Waals surface area (Å²) < 4.78 is 86.2. The van der Waals surface area contributed by atoms with Gasteiger partial charge in [0.2, 0.25) is 33.3 Å². The van der Waals surface area contributed by atoms with Crippen LogP contribution in [0.1, 0.15) is 91.9 Å². The molecule has 16 heteroatoms. The standard InChI is InChI=1S/C41H52F3N3O9S/c1-6-25-17-24(2)9-7-8-10-27-21-40(27,38(51)46-57(52,53)30-12-13-30)22-34(48)33-19-29(55-36-31-14-11-28(54-5)18-26(31)15-16-45-36)23-47(33)37(50)32(25)20-35(49)56-39(3,4)41(42,43)44/h8,10-11,14-16,18,24-25,27,29-30,32-33H,6-7,9,12-13,17,19-23H2,1-5H3,(H,46,51)/b10-8-/t24-,25-,27-,29-,32+,33+,40-/m1/s1. The quantitative estimate of drug-likeness (QED) is 0.209. The fourth-order valence-corrected chi connectivity index (χ4v) is 9.70. The number of hydrogen-bond acceptors (Lipinski definition) is 10. The maximum atomic E-state index is 14.9. The normalized spacial score (nSPS) is 29.4. The largest absolute Gasteiger partial charge is 0.497 e. The van der Waals surface area contributed by atoms with Crippen LogP contribution < -0.4 is 14.2 Å². The maximum Gasteiger partial charge on any atom is 0.427 e. The van der Waals surface area contributed by atoms with E-state index in [9.17, 15) is 40.8 Å². The van der Waals surface area contributed by atoms with Crippen molar-refractivity contribution in [3.8, 4) is 11.6 Å². The number of ether oxygens (including phenoxy) is 3. The highest BCUT2D eigenvalue weighted by atomic mass is 32.2. The van der Waals surface area contributed by atoms with E-state index in [1.807, 2.05) is 26.0 Å². The molecule has 12 nitrogen and oxygen atoms in total. The SMILES string of the molecule is CC[C@@H]1C[C@H](C)CC/C=C\[C@@H]2C[C@@]2(C(=O)NS(=O)(=O)C2CC2)CC(=O)[C@@H]2C[C@@H](Oc3nccc4cc(OC)ccc34)CN2C(=O)[C@H]1CC(=O)OC(C)(C)C(F)(F)F. The van der Waals surface area contributed by atoms with Gasteiger partial charge in [-0.1, -0.05) is 32.4 Å². The van der Waals surface area contributed by atoms with E-state index in [4.69, 9.17) is 14.2 Å². The molecule has 7 atom stereocenters. The van der Waals surface area contributed by atoms with Gasteiger partial charge in [-0.2, -0.15) is 13.2 Å². The van der Waals surface area contributed by atoms with Gasteiger partial charge in [-0.05, 0) is 99.8 Å². The van der Waals surface area contributed by atoms with Crippen molar-refractivity contribution < 1.29 is 55.0 Å². The average molecular weight is 820 g/mol. The third-order valence-corrected chi connectivity index (χ3v) is 14.0. The van der Waals surface area contributed by atoms with Crippen molar-refractivity contribution in [3.05, 3.63) is 42.6 Å². The van der Waals surface area contributed by atoms with E-state index >= 15 is 0 Å². The number of benzene rings is 1. The first-order valence-electron chi connectivity index (χ1n) is 19.7. The number of pyridine rings is 1. The molecule has 2 amide bonds. The topological polar surface area (TPSA) is 158 Å². The van der Waals surface area contributed by atoms with Crippen LogP contribution in [0.3, 0.4) is 0 Å². The number of sulfonamides is 1. The molecule has 2 aromatic rings. The Morgan fingerprint density at radius 3 is 2.49 bits per heavy atom. The van der Waals surface area contributed by atoms with Crippen molar-refractivity contribution in [2.45, 2.75) is 121 Å². The summed E-state index contributed by atoms with van der Waals surface area (Å²) in [6.45, 7) is 5.22. The van der Waals surface area contributed by atoms with Crippen molar-refractivity contribution in [1.29, 1.82) is 0 Å². The number of carbonyl (C=O) groups excluding carboxylic acids is 4. The predicted molar refractivity (Wildman–Crippen MR) is 203 cm³/mol. The van der Waals surface area contributed by atoms with Crippen LogP contribution in [0.25, 0.3) is 10.8 Å². The Balaban J connectivity index is 1.36. The predicted octanol–water partition coefficient (Wildman–Crippen LogP) is 6.46. The zero-order chi connectivity index (χ0) is 41.5. The molecule has 3 fully saturated rings. The van der Waals surface area contributed by atoms with Gasteiger partial charge in [0.15, 0.2) is 5.78 Å². The number of allylic oxidation sites excluding steroid dienone is 2. The molecule has 0 bridgehead atoms. The van der Waals surface area contributed by atoms with Gasteiger partial charge in [-0.15, -0.1) is 0 Å². The lowest BCUT2D eigenvalue weighted by atomic mass is 9.79. The summed E-state index contributed by atoms with van der Waals surface area (Å²) in [5.74, 6) is -4.16. The first kappa shape index (κ1) is 42.4. The van der Waals surface area contributed by atoms with Crippen LogP contribution >= 0.6 is 0 Å². The molecule has 1 N–H and O–H groups in total. The number of Topliss-reactive ketones (excluding diaryl/α,β-unsaturated/α-hetero) is 1. The van der Waals surface area contributed by atoms with Crippen LogP contribution in [0.5, 0.6) is 11.6 Å². The molecule has 0 unspecified atom stereocenters. The van der Waals surface area contributed by atoms with E-state index in [2.05, 4.69) is 9.71 Å². The van der Waals surface area contributed by atoms with Gasteiger partial charge in [0, 0.05) is 24.4 Å². The van der Waals surface area contributed by atoms with Gasteiger partial charge in [0.1, 0.15) is 11.9 Å². The van der Waals surface area contributed by atoms with Crippen molar-refractivity contribution in [3.63, 3.8) is 0 Å². The summed E-state index contributed by atoms with van der Waals surface area (Å²) in [7, 11) is -2.39. The van der Waals surface area contributed by atoms with Crippen LogP contribution in [-0.4, -0.2) is 84.7 Å². The molecule has 2 aliphatic heterocycles. The lowest BCUT2D eigenvalue weighted by molar-refractivity contribution is -0.257. The number of aromatic nitrogens is 1. The number of nitrogens with one attached hydrogen (secondary N) is 1. The second kappa shape index (κ2) is 16.2. The zero-order valence-electron chi connectivity index (χ0n) is 33.0. The molecular weight excluding hydrogens is 768 g/mol. The first-order chi connectivity index (χ1) is 26.8. The van der Waals surface area contributed by atoms with Gasteiger partial charge >= 0.3 is 12.1 Å². The van der Waals surface area contributed by atoms with E-state index in [0.717, 1.165) is 19.2 Å². The molecule has 0 spiro atoms. The minimum absolute atomic E-state index is 0.0111. The third kappa shape index (κ3) is 9.25. The number of halogens is 3. The molecule has 312 valence electrons. The lowest BCUT2D eigenvalue weighted by Crippen LogP contribution is -2.48. The fourth-order valence-electron chi connectivity index (χ4n) is 8.31. The van der Waals surface area contributed by atoms with Crippen molar-refractivity contribution in [1.82, 2.24) is 14.6 Å². The molecule has 0 radical (unpaired) electrons. The van der Waals surface area contributed by atoms with Crippen LogP contribution in [0.2, 0.25) is 0 Å². The average Bonchev–Trinajstić information content (AvgIpc) is 4.07. The number of carbonyl (C=O) groups is 4. The summed E-state index contributed by atoms with van der Waals surface area (Å²) >= 11 is 0. The zero-order valence-corrected chi connectivity index (χ0v) is 33.8. The third-order valence-electron chi connectivity index (χ3n) is 12.2. The van der Waals surface area contributed by atoms with Crippen LogP contribution in [0.4, 0.5) is 13.2 Å². The van der Waals surface area contributed by atoms with E-state index < -0.39 is 92.4 Å². The van der Waals surface area contributed by atoms with E-state index in [-0.39, 0.29) is 37.6 Å². The van der Waals surface area contributed by atoms with Crippen LogP contribution in [0.15, 0.2) is 42.6 Å². The number of hydrogen-bond donors (Lipinski definition) is 1. The number of fused-ring (bicyclic) bond motifs is 3. The number of esters is 1. The van der Waals surface area contributed by atoms with Crippen LogP contribution in [0, 0.1) is 29.1 Å². The van der Waals surface area contributed by atoms with Gasteiger partial charge in [-0.25, -0.2) is 13.4 Å². The summed E-state index contributed by atoms with van der Waals surface area (Å²) in [5.41, 5.74) is -4.17. The molecule has 1 saturated heterocycles. The second-order valence-electron chi connectivity index (χ2n) is 16.8. The molecule has 1 aromatic heterocycles. The lowest BCUT2D eigenvalue weighted by Gasteiger charge is -2.34. The number of amides is 2.